The summed E-state index contributed by atoms with van der Waals surface area (Å²) < 4.78 is 0. The van der Waals surface area contributed by atoms with Crippen LogP contribution in [0.15, 0.2) is 4.79 Å². The maximum Gasteiger partial charge on any atom is 0.255 e. The largest absolute Gasteiger partial charge is 0.310 e. The van der Waals surface area contributed by atoms with Crippen LogP contribution in [0.3, 0.4) is 0 Å². The van der Waals surface area contributed by atoms with E-state index >= 15 is 0 Å². The van der Waals surface area contributed by atoms with E-state index in [0.29, 0.717) is 17.2 Å². The molecule has 78 valence electrons. The number of hydrogen-bond acceptors (Lipinski definition) is 3. The number of H-pyrrole nitrogens is 1. The summed E-state index contributed by atoms with van der Waals surface area (Å²) in [6, 6.07) is 1.98. The maximum absolute atomic E-state index is 11.6. The van der Waals surface area contributed by atoms with Crippen molar-refractivity contribution in [3.05, 3.63) is 27.4 Å². The third-order valence-corrected chi connectivity index (χ3v) is 2.99. The van der Waals surface area contributed by atoms with Gasteiger partial charge in [0, 0.05) is 11.6 Å². The minimum absolute atomic E-state index is 0.138. The van der Waals surface area contributed by atoms with E-state index in [-0.39, 0.29) is 12.0 Å². The third-order valence-electron chi connectivity index (χ3n) is 2.99. The fourth-order valence-corrected chi connectivity index (χ4v) is 1.79. The molecule has 0 bridgehead atoms. The van der Waals surface area contributed by atoms with E-state index in [4.69, 9.17) is 5.26 Å². The standard InChI is InChI=1S/C11H13N3O/c1-7-9(5-6-12)11(15)14-10(13-7)8-3-2-4-8/h8H,2-5H2,1H3,(H,13,14,15). The van der Waals surface area contributed by atoms with Crippen molar-refractivity contribution in [3.8, 4) is 6.07 Å². The number of hydrogen-bond donors (Lipinski definition) is 1. The van der Waals surface area contributed by atoms with Gasteiger partial charge >= 0.3 is 0 Å². The summed E-state index contributed by atoms with van der Waals surface area (Å²) in [5.41, 5.74) is 1.05. The summed E-state index contributed by atoms with van der Waals surface area (Å²) >= 11 is 0. The first kappa shape index (κ1) is 9.91. The van der Waals surface area contributed by atoms with Gasteiger partial charge in [-0.15, -0.1) is 0 Å². The van der Waals surface area contributed by atoms with Crippen LogP contribution >= 0.6 is 0 Å². The number of aromatic nitrogens is 2. The van der Waals surface area contributed by atoms with Crippen molar-refractivity contribution >= 4 is 0 Å². The third kappa shape index (κ3) is 1.78. The zero-order valence-electron chi connectivity index (χ0n) is 8.71. The van der Waals surface area contributed by atoms with Crippen LogP contribution in [0.2, 0.25) is 0 Å². The van der Waals surface area contributed by atoms with Gasteiger partial charge < -0.3 is 4.98 Å². The number of aromatic amines is 1. The molecule has 0 spiro atoms. The summed E-state index contributed by atoms with van der Waals surface area (Å²) in [6.07, 6.45) is 3.58. The first-order chi connectivity index (χ1) is 7.22. The van der Waals surface area contributed by atoms with E-state index < -0.39 is 0 Å². The Bertz CT molecular complexity index is 466. The van der Waals surface area contributed by atoms with Gasteiger partial charge in [-0.3, -0.25) is 4.79 Å². The van der Waals surface area contributed by atoms with Gasteiger partial charge in [0.05, 0.1) is 18.1 Å². The van der Waals surface area contributed by atoms with Crippen LogP contribution in [0, 0.1) is 18.3 Å². The van der Waals surface area contributed by atoms with Crippen LogP contribution in [0.4, 0.5) is 0 Å². The molecular weight excluding hydrogens is 190 g/mol. The number of aryl methyl sites for hydroxylation is 1. The Hall–Kier alpha value is -1.63. The van der Waals surface area contributed by atoms with E-state index in [1.807, 2.05) is 6.07 Å². The van der Waals surface area contributed by atoms with Gasteiger partial charge in [0.2, 0.25) is 0 Å². The molecular formula is C11H13N3O. The highest BCUT2D eigenvalue weighted by Gasteiger charge is 2.22. The van der Waals surface area contributed by atoms with Gasteiger partial charge in [0.25, 0.3) is 5.56 Å². The lowest BCUT2D eigenvalue weighted by molar-refractivity contribution is 0.399. The predicted octanol–water partition coefficient (Wildman–Crippen LogP) is 1.41. The zero-order valence-corrected chi connectivity index (χ0v) is 8.71. The van der Waals surface area contributed by atoms with Gasteiger partial charge in [-0.2, -0.15) is 5.26 Å². The summed E-state index contributed by atoms with van der Waals surface area (Å²) in [5.74, 6) is 1.22. The second-order valence-electron chi connectivity index (χ2n) is 3.98. The summed E-state index contributed by atoms with van der Waals surface area (Å²) in [7, 11) is 0. The Morgan fingerprint density at radius 1 is 1.60 bits per heavy atom. The van der Waals surface area contributed by atoms with Crippen molar-refractivity contribution in [2.75, 3.05) is 0 Å². The lowest BCUT2D eigenvalue weighted by Gasteiger charge is -2.24. The van der Waals surface area contributed by atoms with Crippen LogP contribution in [-0.2, 0) is 6.42 Å². The van der Waals surface area contributed by atoms with Crippen LogP contribution in [-0.4, -0.2) is 9.97 Å². The molecule has 1 aromatic heterocycles. The molecule has 0 aromatic carbocycles. The summed E-state index contributed by atoms with van der Waals surface area (Å²) in [5, 5.41) is 8.57. The number of nitrogens with zero attached hydrogens (tertiary/aromatic N) is 2. The van der Waals surface area contributed by atoms with Gasteiger partial charge in [-0.05, 0) is 19.8 Å². The molecule has 2 rings (SSSR count). The highest BCUT2D eigenvalue weighted by molar-refractivity contribution is 5.21. The molecule has 1 saturated carbocycles. The van der Waals surface area contributed by atoms with E-state index in [0.717, 1.165) is 18.7 Å². The molecule has 1 aliphatic rings. The number of rotatable bonds is 2. The van der Waals surface area contributed by atoms with E-state index in [1.165, 1.54) is 6.42 Å². The molecule has 1 aromatic rings. The predicted molar refractivity (Wildman–Crippen MR) is 55.5 cm³/mol. The smallest absolute Gasteiger partial charge is 0.255 e. The van der Waals surface area contributed by atoms with E-state index in [2.05, 4.69) is 9.97 Å². The maximum atomic E-state index is 11.6. The van der Waals surface area contributed by atoms with Gasteiger partial charge in [-0.1, -0.05) is 6.42 Å². The second kappa shape index (κ2) is 3.85. The minimum Gasteiger partial charge on any atom is -0.310 e. The highest BCUT2D eigenvalue weighted by Crippen LogP contribution is 2.33. The van der Waals surface area contributed by atoms with E-state index in [1.54, 1.807) is 6.92 Å². The monoisotopic (exact) mass is 203 g/mol. The SMILES string of the molecule is Cc1nc(C2CCC2)[nH]c(=O)c1CC#N. The summed E-state index contributed by atoms with van der Waals surface area (Å²) in [4.78, 5) is 18.8. The molecule has 0 aliphatic heterocycles. The Morgan fingerprint density at radius 3 is 2.80 bits per heavy atom. The molecule has 1 N–H and O–H groups in total. The quantitative estimate of drug-likeness (QED) is 0.790. The molecule has 4 heteroatoms. The van der Waals surface area contributed by atoms with Crippen molar-refractivity contribution in [3.63, 3.8) is 0 Å². The fourth-order valence-electron chi connectivity index (χ4n) is 1.79. The fraction of sp³-hybridized carbons (Fsp3) is 0.545. The van der Waals surface area contributed by atoms with E-state index in [9.17, 15) is 4.79 Å². The molecule has 1 heterocycles. The lowest BCUT2D eigenvalue weighted by Crippen LogP contribution is -2.23. The average molecular weight is 203 g/mol. The Labute approximate surface area is 88.0 Å². The number of nitrogens with one attached hydrogen (secondary N) is 1. The molecule has 0 amide bonds. The Morgan fingerprint density at radius 2 is 2.33 bits per heavy atom. The molecule has 0 saturated heterocycles. The van der Waals surface area contributed by atoms with Gasteiger partial charge in [0.1, 0.15) is 5.82 Å². The van der Waals surface area contributed by atoms with Crippen LogP contribution in [0.25, 0.3) is 0 Å². The van der Waals surface area contributed by atoms with Crippen LogP contribution in [0.1, 0.15) is 42.3 Å². The van der Waals surface area contributed by atoms with Crippen LogP contribution in [0.5, 0.6) is 0 Å². The molecule has 0 unspecified atom stereocenters. The molecule has 0 radical (unpaired) electrons. The number of nitriles is 1. The van der Waals surface area contributed by atoms with Crippen molar-refractivity contribution in [2.24, 2.45) is 0 Å². The van der Waals surface area contributed by atoms with Crippen LogP contribution < -0.4 is 5.56 Å². The zero-order chi connectivity index (χ0) is 10.8. The van der Waals surface area contributed by atoms with Crippen molar-refractivity contribution < 1.29 is 0 Å². The molecule has 1 aliphatic carbocycles. The minimum atomic E-state index is -0.147. The van der Waals surface area contributed by atoms with Crippen molar-refractivity contribution in [2.45, 2.75) is 38.5 Å². The van der Waals surface area contributed by atoms with Crippen molar-refractivity contribution in [1.29, 1.82) is 5.26 Å². The molecule has 15 heavy (non-hydrogen) atoms. The second-order valence-corrected chi connectivity index (χ2v) is 3.98. The van der Waals surface area contributed by atoms with Gasteiger partial charge in [-0.25, -0.2) is 4.98 Å². The normalized spacial score (nSPS) is 15.7. The topological polar surface area (TPSA) is 69.5 Å². The molecule has 0 atom stereocenters. The lowest BCUT2D eigenvalue weighted by atomic mass is 9.85. The first-order valence-electron chi connectivity index (χ1n) is 5.19. The highest BCUT2D eigenvalue weighted by atomic mass is 16.1. The van der Waals surface area contributed by atoms with Crippen molar-refractivity contribution in [1.82, 2.24) is 9.97 Å². The molecule has 1 fully saturated rings. The average Bonchev–Trinajstić information content (AvgIpc) is 2.08. The Kier molecular flexibility index (Phi) is 2.55. The summed E-state index contributed by atoms with van der Waals surface area (Å²) in [6.45, 7) is 1.80. The molecule has 4 nitrogen and oxygen atoms in total. The Balaban J connectivity index is 2.39. The van der Waals surface area contributed by atoms with Gasteiger partial charge in [0.15, 0.2) is 0 Å². The first-order valence-corrected chi connectivity index (χ1v) is 5.19.